The third-order valence-corrected chi connectivity index (χ3v) is 2.66. The molecule has 15 heavy (non-hydrogen) atoms. The first kappa shape index (κ1) is 12.4. The molecule has 2 N–H and O–H groups in total. The van der Waals surface area contributed by atoms with Crippen LogP contribution in [-0.4, -0.2) is 59.0 Å². The maximum atomic E-state index is 10.4. The number of carbonyl (C=O) groups is 1. The van der Waals surface area contributed by atoms with Gasteiger partial charge in [0.25, 0.3) is 0 Å². The van der Waals surface area contributed by atoms with E-state index >= 15 is 0 Å². The number of carboxylic acids is 1. The highest BCUT2D eigenvalue weighted by Gasteiger charge is 2.31. The zero-order valence-electron chi connectivity index (χ0n) is 9.27. The van der Waals surface area contributed by atoms with Crippen molar-refractivity contribution in [1.82, 2.24) is 4.90 Å². The molecule has 0 aromatic rings. The first-order chi connectivity index (χ1) is 6.92. The standard InChI is InChI=1S/C10H19NO4/c1-10(2)7-15-4-3-11(10)6-8(12)5-9(13)14/h8,12H,3-7H2,1-2H3,(H,13,14). The van der Waals surface area contributed by atoms with Crippen LogP contribution in [0.4, 0.5) is 0 Å². The quantitative estimate of drug-likeness (QED) is 0.690. The number of morpholine rings is 1. The van der Waals surface area contributed by atoms with E-state index in [9.17, 15) is 9.90 Å². The summed E-state index contributed by atoms with van der Waals surface area (Å²) in [6.45, 7) is 6.45. The van der Waals surface area contributed by atoms with E-state index < -0.39 is 12.1 Å². The minimum Gasteiger partial charge on any atom is -0.481 e. The Kier molecular flexibility index (Phi) is 4.07. The Hall–Kier alpha value is -0.650. The highest BCUT2D eigenvalue weighted by Crippen LogP contribution is 2.19. The van der Waals surface area contributed by atoms with Crippen molar-refractivity contribution >= 4 is 5.97 Å². The minimum absolute atomic E-state index is 0.127. The molecule has 0 aliphatic carbocycles. The van der Waals surface area contributed by atoms with Crippen LogP contribution in [0.15, 0.2) is 0 Å². The van der Waals surface area contributed by atoms with Crippen LogP contribution in [0, 0.1) is 0 Å². The Morgan fingerprint density at radius 3 is 2.80 bits per heavy atom. The molecule has 1 saturated heterocycles. The van der Waals surface area contributed by atoms with Gasteiger partial charge in [-0.1, -0.05) is 0 Å². The predicted octanol–water partition coefficient (Wildman–Crippen LogP) is -0.0672. The number of aliphatic hydroxyl groups is 1. The zero-order valence-corrected chi connectivity index (χ0v) is 9.27. The normalized spacial score (nSPS) is 23.7. The fourth-order valence-corrected chi connectivity index (χ4v) is 1.75. The van der Waals surface area contributed by atoms with Crippen molar-refractivity contribution < 1.29 is 19.7 Å². The van der Waals surface area contributed by atoms with Gasteiger partial charge in [-0.15, -0.1) is 0 Å². The van der Waals surface area contributed by atoms with Crippen LogP contribution < -0.4 is 0 Å². The summed E-state index contributed by atoms with van der Waals surface area (Å²) in [4.78, 5) is 12.5. The Labute approximate surface area is 89.6 Å². The van der Waals surface area contributed by atoms with Gasteiger partial charge in [-0.2, -0.15) is 0 Å². The molecule has 0 saturated carbocycles. The smallest absolute Gasteiger partial charge is 0.306 e. The second-order valence-electron chi connectivity index (χ2n) is 4.56. The zero-order chi connectivity index (χ0) is 11.5. The second kappa shape index (κ2) is 4.92. The summed E-state index contributed by atoms with van der Waals surface area (Å²) in [5.74, 6) is -0.964. The number of aliphatic hydroxyl groups excluding tert-OH is 1. The summed E-state index contributed by atoms with van der Waals surface area (Å²) >= 11 is 0. The van der Waals surface area contributed by atoms with Gasteiger partial charge >= 0.3 is 5.97 Å². The van der Waals surface area contributed by atoms with E-state index in [0.717, 1.165) is 6.54 Å². The van der Waals surface area contributed by atoms with E-state index in [0.29, 0.717) is 19.8 Å². The lowest BCUT2D eigenvalue weighted by Gasteiger charge is -2.42. The molecular weight excluding hydrogens is 198 g/mol. The van der Waals surface area contributed by atoms with Crippen LogP contribution in [0.3, 0.4) is 0 Å². The molecule has 0 aromatic heterocycles. The fraction of sp³-hybridized carbons (Fsp3) is 0.900. The number of nitrogens with zero attached hydrogens (tertiary/aromatic N) is 1. The Balaban J connectivity index is 2.45. The molecule has 0 bridgehead atoms. The number of hydrogen-bond acceptors (Lipinski definition) is 4. The van der Waals surface area contributed by atoms with Gasteiger partial charge in [0, 0.05) is 18.6 Å². The van der Waals surface area contributed by atoms with E-state index in [2.05, 4.69) is 4.90 Å². The summed E-state index contributed by atoms with van der Waals surface area (Å²) in [6, 6.07) is 0. The molecule has 0 radical (unpaired) electrons. The van der Waals surface area contributed by atoms with Crippen LogP contribution in [0.25, 0.3) is 0 Å². The lowest BCUT2D eigenvalue weighted by Crippen LogP contribution is -2.55. The van der Waals surface area contributed by atoms with Crippen molar-refractivity contribution in [3.05, 3.63) is 0 Å². The number of rotatable bonds is 4. The highest BCUT2D eigenvalue weighted by atomic mass is 16.5. The SMILES string of the molecule is CC1(C)COCCN1CC(O)CC(=O)O. The molecule has 1 aliphatic rings. The van der Waals surface area contributed by atoms with Crippen molar-refractivity contribution in [2.75, 3.05) is 26.3 Å². The van der Waals surface area contributed by atoms with Gasteiger partial charge in [0.1, 0.15) is 0 Å². The highest BCUT2D eigenvalue weighted by molar-refractivity contribution is 5.67. The molecule has 0 spiro atoms. The molecule has 88 valence electrons. The second-order valence-corrected chi connectivity index (χ2v) is 4.56. The van der Waals surface area contributed by atoms with Gasteiger partial charge in [-0.25, -0.2) is 0 Å². The topological polar surface area (TPSA) is 70.0 Å². The maximum Gasteiger partial charge on any atom is 0.306 e. The Bertz CT molecular complexity index is 229. The summed E-state index contributed by atoms with van der Waals surface area (Å²) in [6.07, 6.45) is -1.01. The molecule has 1 fully saturated rings. The van der Waals surface area contributed by atoms with Crippen molar-refractivity contribution in [3.63, 3.8) is 0 Å². The largest absolute Gasteiger partial charge is 0.481 e. The van der Waals surface area contributed by atoms with E-state index in [1.54, 1.807) is 0 Å². The molecule has 1 atom stereocenters. The molecule has 0 amide bonds. The van der Waals surface area contributed by atoms with Gasteiger partial charge in [-0.3, -0.25) is 9.69 Å². The van der Waals surface area contributed by atoms with Crippen LogP contribution in [0.2, 0.25) is 0 Å². The Morgan fingerprint density at radius 1 is 1.60 bits per heavy atom. The number of carboxylic acid groups (broad SMARTS) is 1. The number of β-amino-alcohol motifs (C(OH)–C–C–N with tert-alkyl or cyclic N) is 1. The van der Waals surface area contributed by atoms with Gasteiger partial charge in [0.05, 0.1) is 25.7 Å². The van der Waals surface area contributed by atoms with Crippen molar-refractivity contribution in [3.8, 4) is 0 Å². The molecule has 1 heterocycles. The fourth-order valence-electron chi connectivity index (χ4n) is 1.75. The van der Waals surface area contributed by atoms with Gasteiger partial charge in [0.15, 0.2) is 0 Å². The molecule has 0 aromatic carbocycles. The predicted molar refractivity (Wildman–Crippen MR) is 54.7 cm³/mol. The monoisotopic (exact) mass is 217 g/mol. The number of hydrogen-bond donors (Lipinski definition) is 2. The molecule has 5 nitrogen and oxygen atoms in total. The van der Waals surface area contributed by atoms with Gasteiger partial charge in [0.2, 0.25) is 0 Å². The van der Waals surface area contributed by atoms with Crippen molar-refractivity contribution in [2.45, 2.75) is 31.9 Å². The average Bonchev–Trinajstić information content (AvgIpc) is 2.07. The molecule has 1 unspecified atom stereocenters. The van der Waals surface area contributed by atoms with Crippen LogP contribution in [0.5, 0.6) is 0 Å². The maximum absolute atomic E-state index is 10.4. The van der Waals surface area contributed by atoms with Gasteiger partial charge < -0.3 is 14.9 Å². The van der Waals surface area contributed by atoms with Crippen LogP contribution in [-0.2, 0) is 9.53 Å². The molecule has 1 rings (SSSR count). The Morgan fingerprint density at radius 2 is 2.27 bits per heavy atom. The summed E-state index contributed by atoms with van der Waals surface area (Å²) in [7, 11) is 0. The van der Waals surface area contributed by atoms with Crippen molar-refractivity contribution in [1.29, 1.82) is 0 Å². The molecule has 5 heteroatoms. The van der Waals surface area contributed by atoms with Crippen LogP contribution in [0.1, 0.15) is 20.3 Å². The number of ether oxygens (including phenoxy) is 1. The van der Waals surface area contributed by atoms with Gasteiger partial charge in [-0.05, 0) is 13.8 Å². The number of aliphatic carboxylic acids is 1. The van der Waals surface area contributed by atoms with Crippen LogP contribution >= 0.6 is 0 Å². The lowest BCUT2D eigenvalue weighted by atomic mass is 10.0. The third-order valence-electron chi connectivity index (χ3n) is 2.66. The minimum atomic E-state index is -0.964. The van der Waals surface area contributed by atoms with E-state index in [-0.39, 0.29) is 12.0 Å². The van der Waals surface area contributed by atoms with E-state index in [4.69, 9.17) is 9.84 Å². The third kappa shape index (κ3) is 3.77. The first-order valence-corrected chi connectivity index (χ1v) is 5.14. The average molecular weight is 217 g/mol. The summed E-state index contributed by atoms with van der Waals surface area (Å²) < 4.78 is 5.34. The first-order valence-electron chi connectivity index (χ1n) is 5.14. The molecule has 1 aliphatic heterocycles. The summed E-state index contributed by atoms with van der Waals surface area (Å²) in [5.41, 5.74) is -0.127. The summed E-state index contributed by atoms with van der Waals surface area (Å²) in [5, 5.41) is 18.1. The molecular formula is C10H19NO4. The van der Waals surface area contributed by atoms with E-state index in [1.807, 2.05) is 13.8 Å². The lowest BCUT2D eigenvalue weighted by molar-refractivity contribution is -0.140. The van der Waals surface area contributed by atoms with E-state index in [1.165, 1.54) is 0 Å². The van der Waals surface area contributed by atoms with Crippen molar-refractivity contribution in [2.24, 2.45) is 0 Å².